The van der Waals surface area contributed by atoms with E-state index in [1.165, 1.54) is 72.3 Å². The van der Waals surface area contributed by atoms with Crippen molar-refractivity contribution in [3.05, 3.63) is 220 Å². The summed E-state index contributed by atoms with van der Waals surface area (Å²) >= 11 is 0. The van der Waals surface area contributed by atoms with Gasteiger partial charge in [0.15, 0.2) is 5.75 Å². The maximum atomic E-state index is 7.28. The van der Waals surface area contributed by atoms with Crippen LogP contribution >= 0.6 is 0 Å². The normalized spacial score (nSPS) is 15.9. The van der Waals surface area contributed by atoms with E-state index in [2.05, 4.69) is 209 Å². The molecule has 8 aromatic carbocycles. The molecule has 3 aliphatic carbocycles. The van der Waals surface area contributed by atoms with E-state index in [1.807, 2.05) is 0 Å². The van der Waals surface area contributed by atoms with E-state index in [0.717, 1.165) is 34.1 Å². The molecule has 0 N–H and O–H groups in total. The summed E-state index contributed by atoms with van der Waals surface area (Å²) in [6.45, 7) is 9.46. The molecule has 0 bridgehead atoms. The summed E-state index contributed by atoms with van der Waals surface area (Å²) < 4.78 is 7.28. The van der Waals surface area contributed by atoms with E-state index in [1.54, 1.807) is 0 Å². The minimum atomic E-state index is -0.553. The van der Waals surface area contributed by atoms with Crippen LogP contribution in [0.2, 0.25) is 0 Å². The maximum Gasteiger partial charge on any atom is 0.156 e. The van der Waals surface area contributed by atoms with Crippen LogP contribution in [-0.4, -0.2) is 0 Å². The molecule has 2 heteroatoms. The third-order valence-electron chi connectivity index (χ3n) is 13.7. The molecule has 1 aliphatic heterocycles. The third-order valence-corrected chi connectivity index (χ3v) is 13.7. The second-order valence-corrected chi connectivity index (χ2v) is 17.2. The summed E-state index contributed by atoms with van der Waals surface area (Å²) in [7, 11) is 0. The lowest BCUT2D eigenvalue weighted by atomic mass is 9.66. The van der Waals surface area contributed by atoms with Gasteiger partial charge < -0.3 is 9.64 Å². The van der Waals surface area contributed by atoms with Crippen LogP contribution in [0.3, 0.4) is 0 Å². The molecule has 0 saturated heterocycles. The largest absolute Gasteiger partial charge is 0.454 e. The fraction of sp³-hybridized carbons (Fsp3) is 0.127. The van der Waals surface area contributed by atoms with E-state index in [0.29, 0.717) is 0 Å². The van der Waals surface area contributed by atoms with Crippen molar-refractivity contribution in [1.29, 1.82) is 0 Å². The standard InChI is InChI=1S/C55H41NO/c1-53(2)42-20-9-5-16-36(42)40-30-28-34(32-48(40)53)56(35-29-31-41-37-17-6-10-21-43(37)54(3,4)49(41)33-35)50-26-15-25-47-52(50)57-51-27-14-13-24-46(51)55(47)44-22-11-7-18-38(44)39-19-8-12-23-45(39)55/h5-33H,1-4H3. The average Bonchev–Trinajstić information content (AvgIpc) is 3.76. The molecule has 8 aromatic rings. The molecule has 0 atom stereocenters. The molecular weight excluding hydrogens is 691 g/mol. The average molecular weight is 732 g/mol. The molecule has 12 rings (SSSR count). The summed E-state index contributed by atoms with van der Waals surface area (Å²) in [6, 6.07) is 65.4. The van der Waals surface area contributed by atoms with Gasteiger partial charge >= 0.3 is 0 Å². The van der Waals surface area contributed by atoms with Crippen molar-refractivity contribution in [1.82, 2.24) is 0 Å². The molecule has 0 aromatic heterocycles. The Labute approximate surface area is 334 Å². The first-order valence-electron chi connectivity index (χ1n) is 20.2. The third kappa shape index (κ3) is 4.10. The number of para-hydroxylation sites is 2. The van der Waals surface area contributed by atoms with Gasteiger partial charge in [-0.1, -0.05) is 167 Å². The molecule has 0 fully saturated rings. The molecule has 1 heterocycles. The zero-order valence-corrected chi connectivity index (χ0v) is 32.6. The summed E-state index contributed by atoms with van der Waals surface area (Å²) in [5, 5.41) is 0. The highest BCUT2D eigenvalue weighted by Crippen LogP contribution is 2.64. The smallest absolute Gasteiger partial charge is 0.156 e. The van der Waals surface area contributed by atoms with Crippen LogP contribution in [0.25, 0.3) is 33.4 Å². The number of hydrogen-bond donors (Lipinski definition) is 0. The Balaban J connectivity index is 1.15. The Bertz CT molecular complexity index is 2870. The van der Waals surface area contributed by atoms with Crippen molar-refractivity contribution in [3.63, 3.8) is 0 Å². The van der Waals surface area contributed by atoms with E-state index < -0.39 is 5.41 Å². The van der Waals surface area contributed by atoms with E-state index >= 15 is 0 Å². The minimum Gasteiger partial charge on any atom is -0.454 e. The lowest BCUT2D eigenvalue weighted by molar-refractivity contribution is 0.437. The van der Waals surface area contributed by atoms with Crippen molar-refractivity contribution in [2.75, 3.05) is 4.90 Å². The Hall–Kier alpha value is -6.64. The SMILES string of the molecule is CC1(C)c2ccccc2-c2ccc(N(c3ccc4c(c3)C(C)(C)c3ccccc3-4)c3cccc4c3Oc3ccccc3C43c4ccccc4-c4ccccc43)cc21. The highest BCUT2D eigenvalue weighted by Gasteiger charge is 2.52. The second-order valence-electron chi connectivity index (χ2n) is 17.2. The molecule has 2 nitrogen and oxygen atoms in total. The van der Waals surface area contributed by atoms with Gasteiger partial charge in [0.1, 0.15) is 5.75 Å². The van der Waals surface area contributed by atoms with E-state index in [4.69, 9.17) is 4.74 Å². The van der Waals surface area contributed by atoms with E-state index in [9.17, 15) is 0 Å². The number of anilines is 3. The number of ether oxygens (including phenoxy) is 1. The van der Waals surface area contributed by atoms with Crippen LogP contribution in [0, 0.1) is 0 Å². The Morgan fingerprint density at radius 1 is 0.351 bits per heavy atom. The fourth-order valence-corrected chi connectivity index (χ4v) is 11.1. The Kier molecular flexibility index (Phi) is 6.42. The summed E-state index contributed by atoms with van der Waals surface area (Å²) in [5.74, 6) is 1.77. The molecule has 0 unspecified atom stereocenters. The maximum absolute atomic E-state index is 7.28. The summed E-state index contributed by atoms with van der Waals surface area (Å²) in [4.78, 5) is 2.46. The van der Waals surface area contributed by atoms with Gasteiger partial charge in [0.05, 0.1) is 11.1 Å². The van der Waals surface area contributed by atoms with Crippen molar-refractivity contribution >= 4 is 17.1 Å². The number of nitrogens with zero attached hydrogens (tertiary/aromatic N) is 1. The zero-order chi connectivity index (χ0) is 38.3. The monoisotopic (exact) mass is 731 g/mol. The van der Waals surface area contributed by atoms with Gasteiger partial charge in [-0.15, -0.1) is 0 Å². The lowest BCUT2D eigenvalue weighted by Crippen LogP contribution is -2.32. The van der Waals surface area contributed by atoms with Gasteiger partial charge in [-0.25, -0.2) is 0 Å². The molecular formula is C55H41NO. The first-order chi connectivity index (χ1) is 27.8. The second kappa shape index (κ2) is 11.2. The summed E-state index contributed by atoms with van der Waals surface area (Å²) in [5.41, 5.74) is 20.5. The number of fused-ring (bicyclic) bond motifs is 15. The predicted octanol–water partition coefficient (Wildman–Crippen LogP) is 14.2. The van der Waals surface area contributed by atoms with Crippen molar-refractivity contribution in [3.8, 4) is 44.9 Å². The first-order valence-corrected chi connectivity index (χ1v) is 20.2. The number of hydrogen-bond acceptors (Lipinski definition) is 2. The first kappa shape index (κ1) is 32.6. The van der Waals surface area contributed by atoms with Crippen LogP contribution in [-0.2, 0) is 16.2 Å². The van der Waals surface area contributed by atoms with Crippen molar-refractivity contribution in [2.24, 2.45) is 0 Å². The van der Waals surface area contributed by atoms with Crippen LogP contribution in [0.4, 0.5) is 17.1 Å². The van der Waals surface area contributed by atoms with E-state index in [-0.39, 0.29) is 10.8 Å². The molecule has 0 amide bonds. The van der Waals surface area contributed by atoms with Crippen LogP contribution in [0.5, 0.6) is 11.5 Å². The minimum absolute atomic E-state index is 0.151. The Morgan fingerprint density at radius 3 is 1.28 bits per heavy atom. The molecule has 272 valence electrons. The van der Waals surface area contributed by atoms with Gasteiger partial charge in [0.25, 0.3) is 0 Å². The van der Waals surface area contributed by atoms with Crippen LogP contribution < -0.4 is 9.64 Å². The molecule has 0 saturated carbocycles. The summed E-state index contributed by atoms with van der Waals surface area (Å²) in [6.07, 6.45) is 0. The van der Waals surface area contributed by atoms with Gasteiger partial charge in [0, 0.05) is 33.3 Å². The van der Waals surface area contributed by atoms with Gasteiger partial charge in [-0.05, 0) is 103 Å². The fourth-order valence-electron chi connectivity index (χ4n) is 11.1. The van der Waals surface area contributed by atoms with Crippen LogP contribution in [0.15, 0.2) is 176 Å². The molecule has 0 radical (unpaired) electrons. The number of rotatable bonds is 3. The molecule has 57 heavy (non-hydrogen) atoms. The highest BCUT2D eigenvalue weighted by atomic mass is 16.5. The highest BCUT2D eigenvalue weighted by molar-refractivity contribution is 5.93. The quantitative estimate of drug-likeness (QED) is 0.179. The lowest BCUT2D eigenvalue weighted by Gasteiger charge is -2.41. The predicted molar refractivity (Wildman–Crippen MR) is 234 cm³/mol. The Morgan fingerprint density at radius 2 is 0.754 bits per heavy atom. The molecule has 1 spiro atoms. The van der Waals surface area contributed by atoms with Gasteiger partial charge in [-0.2, -0.15) is 0 Å². The molecule has 4 aliphatic rings. The van der Waals surface area contributed by atoms with Gasteiger partial charge in [-0.3, -0.25) is 0 Å². The van der Waals surface area contributed by atoms with Crippen molar-refractivity contribution < 1.29 is 4.74 Å². The topological polar surface area (TPSA) is 12.5 Å². The van der Waals surface area contributed by atoms with Gasteiger partial charge in [0.2, 0.25) is 0 Å². The number of benzene rings is 8. The zero-order valence-electron chi connectivity index (χ0n) is 32.6. The van der Waals surface area contributed by atoms with Crippen LogP contribution in [0.1, 0.15) is 72.2 Å². The van der Waals surface area contributed by atoms with Crippen molar-refractivity contribution in [2.45, 2.75) is 43.9 Å².